The van der Waals surface area contributed by atoms with E-state index in [1.165, 1.54) is 0 Å². The monoisotopic (exact) mass is 662 g/mol. The van der Waals surface area contributed by atoms with E-state index in [-0.39, 0.29) is 5.75 Å². The van der Waals surface area contributed by atoms with Crippen molar-refractivity contribution >= 4 is 38.7 Å². The SMILES string of the molecule is Oc1c2c(OP(Oc3ccccn3)Oc3ccccn3)cccc2cc2cccc(OP(Oc3ccccn3)Oc3ccccn3)c12. The Labute approximate surface area is 271 Å². The minimum absolute atomic E-state index is 0.0834. The molecule has 0 aliphatic rings. The molecule has 0 radical (unpaired) electrons. The lowest BCUT2D eigenvalue weighted by molar-refractivity contribution is 0.377. The highest BCUT2D eigenvalue weighted by molar-refractivity contribution is 7.43. The van der Waals surface area contributed by atoms with Gasteiger partial charge >= 0.3 is 17.2 Å². The minimum Gasteiger partial charge on any atom is -0.506 e. The van der Waals surface area contributed by atoms with Crippen LogP contribution < -0.4 is 27.1 Å². The van der Waals surface area contributed by atoms with Crippen molar-refractivity contribution in [1.82, 2.24) is 19.9 Å². The second-order valence-corrected chi connectivity index (χ2v) is 11.6. The average Bonchev–Trinajstić information content (AvgIpc) is 3.10. The standard InChI is InChI=1S/C34H24N4O7P2/c39-34-32-24(11-9-13-26(32)40-46(42-28-15-1-5-19-35-28)43-29-16-2-6-20-36-29)23-25-12-10-14-27(33(25)34)41-47(44-30-17-3-7-21-37-30)45-31-18-4-8-22-38-31/h1-23,39H. The Morgan fingerprint density at radius 1 is 0.404 bits per heavy atom. The fraction of sp³-hybridized carbons (Fsp3) is 0. The average molecular weight is 663 g/mol. The van der Waals surface area contributed by atoms with E-state index in [1.807, 2.05) is 30.3 Å². The molecule has 0 aliphatic heterocycles. The maximum absolute atomic E-state index is 11.9. The van der Waals surface area contributed by atoms with E-state index in [9.17, 15) is 5.11 Å². The Morgan fingerprint density at radius 3 is 1.09 bits per heavy atom. The van der Waals surface area contributed by atoms with Crippen molar-refractivity contribution in [3.05, 3.63) is 140 Å². The number of aromatic hydroxyl groups is 1. The third-order valence-corrected chi connectivity index (χ3v) is 8.51. The normalized spacial score (nSPS) is 11.0. The van der Waals surface area contributed by atoms with Crippen molar-refractivity contribution in [2.24, 2.45) is 0 Å². The molecule has 0 bridgehead atoms. The number of hydrogen-bond acceptors (Lipinski definition) is 11. The Balaban J connectivity index is 1.26. The van der Waals surface area contributed by atoms with Crippen LogP contribution in [-0.2, 0) is 0 Å². The van der Waals surface area contributed by atoms with Crippen LogP contribution in [0.25, 0.3) is 21.5 Å². The number of benzene rings is 3. The van der Waals surface area contributed by atoms with E-state index in [4.69, 9.17) is 27.1 Å². The molecule has 13 heteroatoms. The summed E-state index contributed by atoms with van der Waals surface area (Å²) in [7, 11) is -4.23. The Kier molecular flexibility index (Phi) is 8.99. The fourth-order valence-corrected chi connectivity index (χ4v) is 6.36. The van der Waals surface area contributed by atoms with Crippen molar-refractivity contribution in [2.75, 3.05) is 0 Å². The third kappa shape index (κ3) is 7.23. The number of fused-ring (bicyclic) bond motifs is 2. The molecule has 7 aromatic rings. The lowest BCUT2D eigenvalue weighted by Gasteiger charge is -2.20. The summed E-state index contributed by atoms with van der Waals surface area (Å²) in [4.78, 5) is 17.0. The number of phenolic OH excluding ortho intramolecular Hbond substituents is 1. The first-order valence-corrected chi connectivity index (χ1v) is 16.4. The molecule has 0 fully saturated rings. The van der Waals surface area contributed by atoms with Gasteiger partial charge in [0.1, 0.15) is 17.2 Å². The molecular weight excluding hydrogens is 638 g/mol. The van der Waals surface area contributed by atoms with Crippen LogP contribution in [0.3, 0.4) is 0 Å². The topological polar surface area (TPSA) is 127 Å². The molecule has 7 rings (SSSR count). The largest absolute Gasteiger partial charge is 0.532 e. The molecule has 0 amide bonds. The predicted octanol–water partition coefficient (Wildman–Crippen LogP) is 8.81. The van der Waals surface area contributed by atoms with Gasteiger partial charge in [0.2, 0.25) is 23.5 Å². The fourth-order valence-electron chi connectivity index (χ4n) is 4.47. The summed E-state index contributed by atoms with van der Waals surface area (Å²) in [5.41, 5.74) is 0. The van der Waals surface area contributed by atoms with Crippen LogP contribution in [0.4, 0.5) is 0 Å². The summed E-state index contributed by atoms with van der Waals surface area (Å²) >= 11 is 0. The molecule has 0 atom stereocenters. The van der Waals surface area contributed by atoms with Gasteiger partial charge in [-0.1, -0.05) is 48.5 Å². The van der Waals surface area contributed by atoms with Crippen molar-refractivity contribution in [2.45, 2.75) is 0 Å². The van der Waals surface area contributed by atoms with Gasteiger partial charge < -0.3 is 32.2 Å². The summed E-state index contributed by atoms with van der Waals surface area (Å²) in [6, 6.07) is 33.8. The van der Waals surface area contributed by atoms with Crippen LogP contribution in [0.1, 0.15) is 0 Å². The molecule has 1 N–H and O–H groups in total. The first-order chi connectivity index (χ1) is 23.2. The van der Waals surface area contributed by atoms with Gasteiger partial charge in [0, 0.05) is 49.1 Å². The second kappa shape index (κ2) is 14.1. The van der Waals surface area contributed by atoms with Gasteiger partial charge in [0.05, 0.1) is 10.8 Å². The molecule has 0 saturated carbocycles. The molecule has 11 nitrogen and oxygen atoms in total. The second-order valence-electron chi connectivity index (χ2n) is 9.60. The summed E-state index contributed by atoms with van der Waals surface area (Å²) in [6.07, 6.45) is 6.41. The number of rotatable bonds is 12. The Morgan fingerprint density at radius 2 is 0.766 bits per heavy atom. The summed E-state index contributed by atoms with van der Waals surface area (Å²) < 4.78 is 36.7. The molecule has 0 aliphatic carbocycles. The van der Waals surface area contributed by atoms with Gasteiger partial charge in [0.25, 0.3) is 0 Å². The zero-order valence-electron chi connectivity index (χ0n) is 24.4. The van der Waals surface area contributed by atoms with E-state index >= 15 is 0 Å². The highest BCUT2D eigenvalue weighted by Gasteiger charge is 2.26. The number of phenols is 1. The van der Waals surface area contributed by atoms with Gasteiger partial charge in [0.15, 0.2) is 0 Å². The van der Waals surface area contributed by atoms with E-state index in [2.05, 4.69) is 19.9 Å². The van der Waals surface area contributed by atoms with E-state index < -0.39 is 17.2 Å². The maximum atomic E-state index is 11.9. The van der Waals surface area contributed by atoms with Gasteiger partial charge in [-0.05, 0) is 53.2 Å². The van der Waals surface area contributed by atoms with Crippen LogP contribution in [-0.4, -0.2) is 25.0 Å². The number of nitrogens with zero attached hydrogens (tertiary/aromatic N) is 4. The summed E-state index contributed by atoms with van der Waals surface area (Å²) in [6.45, 7) is 0. The zero-order chi connectivity index (χ0) is 31.8. The van der Waals surface area contributed by atoms with Crippen LogP contribution >= 0.6 is 17.2 Å². The molecule has 232 valence electrons. The smallest absolute Gasteiger partial charge is 0.506 e. The van der Waals surface area contributed by atoms with Gasteiger partial charge in [-0.15, -0.1) is 0 Å². The van der Waals surface area contributed by atoms with Crippen LogP contribution in [0.15, 0.2) is 140 Å². The number of pyridine rings is 4. The Bertz CT molecular complexity index is 1850. The Hall–Kier alpha value is -5.76. The molecule has 3 aromatic carbocycles. The first kappa shape index (κ1) is 29.9. The highest BCUT2D eigenvalue weighted by atomic mass is 31.2. The number of aromatic nitrogens is 4. The first-order valence-electron chi connectivity index (χ1n) is 14.2. The van der Waals surface area contributed by atoms with Gasteiger partial charge in [-0.3, -0.25) is 0 Å². The molecule has 4 aromatic heterocycles. The van der Waals surface area contributed by atoms with Gasteiger partial charge in [-0.25, -0.2) is 19.9 Å². The lowest BCUT2D eigenvalue weighted by Crippen LogP contribution is -2.04. The van der Waals surface area contributed by atoms with Crippen LogP contribution in [0.5, 0.6) is 40.8 Å². The molecule has 47 heavy (non-hydrogen) atoms. The summed E-state index contributed by atoms with van der Waals surface area (Å²) in [5, 5.41) is 14.2. The van der Waals surface area contributed by atoms with Crippen molar-refractivity contribution < 1.29 is 32.2 Å². The maximum Gasteiger partial charge on any atom is 0.532 e. The minimum atomic E-state index is -2.11. The third-order valence-electron chi connectivity index (χ3n) is 6.47. The van der Waals surface area contributed by atoms with Crippen molar-refractivity contribution in [1.29, 1.82) is 0 Å². The quantitative estimate of drug-likeness (QED) is 0.0996. The molecule has 0 unspecified atom stereocenters. The van der Waals surface area contributed by atoms with Crippen LogP contribution in [0, 0.1) is 0 Å². The van der Waals surface area contributed by atoms with Gasteiger partial charge in [-0.2, -0.15) is 0 Å². The predicted molar refractivity (Wildman–Crippen MR) is 178 cm³/mol. The molecule has 4 heterocycles. The molecular formula is C34H24N4O7P2. The van der Waals surface area contributed by atoms with Crippen molar-refractivity contribution in [3.8, 4) is 40.8 Å². The summed E-state index contributed by atoms with van der Waals surface area (Å²) in [5.74, 6) is 1.74. The highest BCUT2D eigenvalue weighted by Crippen LogP contribution is 2.50. The van der Waals surface area contributed by atoms with E-state index in [0.29, 0.717) is 56.6 Å². The van der Waals surface area contributed by atoms with E-state index in [1.54, 1.807) is 110 Å². The molecule has 0 spiro atoms. The zero-order valence-corrected chi connectivity index (χ0v) is 26.1. The van der Waals surface area contributed by atoms with E-state index in [0.717, 1.165) is 0 Å². The van der Waals surface area contributed by atoms with Crippen molar-refractivity contribution in [3.63, 3.8) is 0 Å². The number of hydrogen-bond donors (Lipinski definition) is 1. The van der Waals surface area contributed by atoms with Crippen LogP contribution in [0.2, 0.25) is 0 Å². The molecule has 0 saturated heterocycles. The lowest BCUT2D eigenvalue weighted by atomic mass is 10.0.